The van der Waals surface area contributed by atoms with Gasteiger partial charge in [-0.2, -0.15) is 13.2 Å². The number of fused-ring (bicyclic) bond motifs is 2. The molecule has 0 saturated carbocycles. The van der Waals surface area contributed by atoms with Crippen LogP contribution in [-0.4, -0.2) is 30.2 Å². The first kappa shape index (κ1) is 11.8. The van der Waals surface area contributed by atoms with Gasteiger partial charge in [0.25, 0.3) is 0 Å². The van der Waals surface area contributed by atoms with E-state index in [1.165, 1.54) is 6.20 Å². The maximum Gasteiger partial charge on any atom is 0.416 e. The largest absolute Gasteiger partial charge is 0.416 e. The highest BCUT2D eigenvalue weighted by Gasteiger charge is 2.45. The van der Waals surface area contributed by atoms with Crippen LogP contribution in [0.3, 0.4) is 0 Å². The fraction of sp³-hybridized carbons (Fsp3) is 0.583. The van der Waals surface area contributed by atoms with E-state index in [2.05, 4.69) is 17.2 Å². The lowest BCUT2D eigenvalue weighted by Gasteiger charge is -2.29. The highest BCUT2D eigenvalue weighted by atomic mass is 19.4. The molecule has 1 aromatic rings. The summed E-state index contributed by atoms with van der Waals surface area (Å²) in [6.07, 6.45) is -3.07. The number of hydrogen-bond acceptors (Lipinski definition) is 3. The van der Waals surface area contributed by atoms with Gasteiger partial charge < -0.3 is 10.2 Å². The van der Waals surface area contributed by atoms with Crippen molar-refractivity contribution in [1.82, 2.24) is 10.3 Å². The molecule has 2 bridgehead atoms. The topological polar surface area (TPSA) is 28.2 Å². The quantitative estimate of drug-likeness (QED) is 0.832. The van der Waals surface area contributed by atoms with E-state index in [1.54, 1.807) is 0 Å². The zero-order valence-corrected chi connectivity index (χ0v) is 9.91. The standard InChI is InChI=1S/C12H14F3N3/c1-7-9-6-18(10(7)5-17-9)11-4-8(2-3-16-11)12(13,14)15/h2-4,7,9-10,17H,5-6H2,1H3/t7?,9-,10-/m1/s1. The molecule has 6 heteroatoms. The van der Waals surface area contributed by atoms with E-state index in [0.717, 1.165) is 25.2 Å². The SMILES string of the molecule is CC1[C@H]2CN[C@@H]1CN2c1cc(C(F)(F)F)ccn1. The van der Waals surface area contributed by atoms with Crippen LogP contribution in [-0.2, 0) is 6.18 Å². The summed E-state index contributed by atoms with van der Waals surface area (Å²) in [4.78, 5) is 6.07. The van der Waals surface area contributed by atoms with Crippen LogP contribution in [0.1, 0.15) is 12.5 Å². The summed E-state index contributed by atoms with van der Waals surface area (Å²) in [6, 6.07) is 2.78. The Labute approximate surface area is 103 Å². The zero-order chi connectivity index (χ0) is 12.9. The van der Waals surface area contributed by atoms with Gasteiger partial charge in [0.15, 0.2) is 0 Å². The monoisotopic (exact) mass is 257 g/mol. The highest BCUT2D eigenvalue weighted by Crippen LogP contribution is 2.35. The van der Waals surface area contributed by atoms with Crippen molar-refractivity contribution in [3.8, 4) is 0 Å². The molecule has 98 valence electrons. The van der Waals surface area contributed by atoms with E-state index in [9.17, 15) is 13.2 Å². The van der Waals surface area contributed by atoms with Gasteiger partial charge in [-0.25, -0.2) is 4.98 Å². The molecule has 2 aliphatic rings. The molecule has 1 unspecified atom stereocenters. The van der Waals surface area contributed by atoms with E-state index in [0.29, 0.717) is 17.8 Å². The number of nitrogens with zero attached hydrogens (tertiary/aromatic N) is 2. The first-order chi connectivity index (χ1) is 8.47. The Bertz CT molecular complexity index is 460. The van der Waals surface area contributed by atoms with Gasteiger partial charge in [-0.05, 0) is 18.1 Å². The molecule has 3 nitrogen and oxygen atoms in total. The third kappa shape index (κ3) is 1.75. The Balaban J connectivity index is 1.90. The van der Waals surface area contributed by atoms with E-state index in [4.69, 9.17) is 0 Å². The van der Waals surface area contributed by atoms with Gasteiger partial charge >= 0.3 is 6.18 Å². The summed E-state index contributed by atoms with van der Waals surface area (Å²) < 4.78 is 38.0. The van der Waals surface area contributed by atoms with Crippen LogP contribution >= 0.6 is 0 Å². The molecule has 0 spiro atoms. The minimum Gasteiger partial charge on any atom is -0.350 e. The minimum absolute atomic E-state index is 0.256. The fourth-order valence-corrected chi connectivity index (χ4v) is 2.90. The molecule has 0 aromatic carbocycles. The van der Waals surface area contributed by atoms with Crippen LogP contribution in [0.25, 0.3) is 0 Å². The van der Waals surface area contributed by atoms with E-state index >= 15 is 0 Å². The average Bonchev–Trinajstić information content (AvgIpc) is 2.84. The van der Waals surface area contributed by atoms with Crippen LogP contribution < -0.4 is 10.2 Å². The Kier molecular flexibility index (Phi) is 2.52. The number of anilines is 1. The Morgan fingerprint density at radius 1 is 1.44 bits per heavy atom. The Morgan fingerprint density at radius 2 is 2.22 bits per heavy atom. The van der Waals surface area contributed by atoms with Gasteiger partial charge in [-0.15, -0.1) is 0 Å². The number of hydrogen-bond donors (Lipinski definition) is 1. The first-order valence-corrected chi connectivity index (χ1v) is 6.00. The van der Waals surface area contributed by atoms with E-state index in [-0.39, 0.29) is 6.04 Å². The maximum atomic E-state index is 12.7. The molecule has 2 saturated heterocycles. The number of halogens is 3. The summed E-state index contributed by atoms with van der Waals surface area (Å²) in [7, 11) is 0. The summed E-state index contributed by atoms with van der Waals surface area (Å²) >= 11 is 0. The maximum absolute atomic E-state index is 12.7. The van der Waals surface area contributed by atoms with Crippen molar-refractivity contribution in [3.05, 3.63) is 23.9 Å². The van der Waals surface area contributed by atoms with Crippen molar-refractivity contribution in [3.63, 3.8) is 0 Å². The van der Waals surface area contributed by atoms with Gasteiger partial charge in [0, 0.05) is 31.4 Å². The Hall–Kier alpha value is -1.30. The predicted octanol–water partition coefficient (Wildman–Crippen LogP) is 1.90. The second-order valence-electron chi connectivity index (χ2n) is 4.99. The minimum atomic E-state index is -4.31. The zero-order valence-electron chi connectivity index (χ0n) is 9.91. The predicted molar refractivity (Wildman–Crippen MR) is 61.3 cm³/mol. The summed E-state index contributed by atoms with van der Waals surface area (Å²) in [5.41, 5.74) is -0.629. The van der Waals surface area contributed by atoms with Crippen LogP contribution in [0.4, 0.5) is 19.0 Å². The second-order valence-corrected chi connectivity index (χ2v) is 4.99. The summed E-state index contributed by atoms with van der Waals surface area (Å²) in [6.45, 7) is 3.69. The van der Waals surface area contributed by atoms with Gasteiger partial charge in [0.05, 0.1) is 5.56 Å². The van der Waals surface area contributed by atoms with E-state index < -0.39 is 11.7 Å². The van der Waals surface area contributed by atoms with E-state index in [1.807, 2.05) is 4.90 Å². The molecular weight excluding hydrogens is 243 g/mol. The molecule has 1 aromatic heterocycles. The molecule has 18 heavy (non-hydrogen) atoms. The van der Waals surface area contributed by atoms with Crippen molar-refractivity contribution in [2.75, 3.05) is 18.0 Å². The molecule has 3 heterocycles. The number of nitrogens with one attached hydrogen (secondary N) is 1. The third-order valence-corrected chi connectivity index (χ3v) is 3.99. The lowest BCUT2D eigenvalue weighted by molar-refractivity contribution is -0.137. The smallest absolute Gasteiger partial charge is 0.350 e. The van der Waals surface area contributed by atoms with Gasteiger partial charge in [0.2, 0.25) is 0 Å². The third-order valence-electron chi connectivity index (χ3n) is 3.99. The first-order valence-electron chi connectivity index (χ1n) is 6.00. The van der Waals surface area contributed by atoms with Crippen LogP contribution in [0.5, 0.6) is 0 Å². The highest BCUT2D eigenvalue weighted by molar-refractivity contribution is 5.46. The molecule has 0 radical (unpaired) electrons. The van der Waals surface area contributed by atoms with Gasteiger partial charge in [-0.1, -0.05) is 6.92 Å². The van der Waals surface area contributed by atoms with Gasteiger partial charge in [0.1, 0.15) is 5.82 Å². The molecule has 1 N–H and O–H groups in total. The molecule has 0 aliphatic carbocycles. The molecule has 2 aliphatic heterocycles. The number of piperazine rings is 1. The number of pyridine rings is 1. The molecule has 3 atom stereocenters. The van der Waals surface area contributed by atoms with Crippen molar-refractivity contribution < 1.29 is 13.2 Å². The molecular formula is C12H14F3N3. The van der Waals surface area contributed by atoms with Gasteiger partial charge in [-0.3, -0.25) is 0 Å². The second kappa shape index (κ2) is 3.85. The lowest BCUT2D eigenvalue weighted by Crippen LogP contribution is -2.44. The van der Waals surface area contributed by atoms with Crippen molar-refractivity contribution in [2.45, 2.75) is 25.2 Å². The van der Waals surface area contributed by atoms with Crippen molar-refractivity contribution in [2.24, 2.45) is 5.92 Å². The lowest BCUT2D eigenvalue weighted by atomic mass is 10.0. The number of aromatic nitrogens is 1. The fourth-order valence-electron chi connectivity index (χ4n) is 2.90. The Morgan fingerprint density at radius 3 is 2.78 bits per heavy atom. The van der Waals surface area contributed by atoms with Crippen LogP contribution in [0.15, 0.2) is 18.3 Å². The molecule has 2 fully saturated rings. The molecule has 0 amide bonds. The summed E-state index contributed by atoms with van der Waals surface area (Å²) in [5, 5.41) is 3.36. The van der Waals surface area contributed by atoms with Crippen molar-refractivity contribution in [1.29, 1.82) is 0 Å². The number of alkyl halides is 3. The van der Waals surface area contributed by atoms with Crippen LogP contribution in [0, 0.1) is 5.92 Å². The van der Waals surface area contributed by atoms with Crippen LogP contribution in [0.2, 0.25) is 0 Å². The normalized spacial score (nSPS) is 31.1. The van der Waals surface area contributed by atoms with Crippen molar-refractivity contribution >= 4 is 5.82 Å². The summed E-state index contributed by atoms with van der Waals surface area (Å²) in [5.74, 6) is 0.895. The average molecular weight is 257 g/mol. The number of rotatable bonds is 1. The molecule has 3 rings (SSSR count).